The lowest BCUT2D eigenvalue weighted by Gasteiger charge is -2.45. The maximum atomic E-state index is 11.9. The second-order valence-corrected chi connectivity index (χ2v) is 5.92. The Morgan fingerprint density at radius 2 is 1.86 bits per heavy atom. The van der Waals surface area contributed by atoms with Gasteiger partial charge in [0, 0.05) is 12.1 Å². The van der Waals surface area contributed by atoms with E-state index in [2.05, 4.69) is 4.90 Å². The fourth-order valence-corrected chi connectivity index (χ4v) is 3.54. The molecule has 0 N–H and O–H groups in total. The number of fused-ring (bicyclic) bond motifs is 3. The Labute approximate surface area is 125 Å². The molecule has 1 atom stereocenters. The van der Waals surface area contributed by atoms with E-state index in [-0.39, 0.29) is 6.61 Å². The number of ether oxygens (including phenoxy) is 1. The summed E-state index contributed by atoms with van der Waals surface area (Å²) in [5.41, 5.74) is 1.70. The lowest BCUT2D eigenvalue weighted by Crippen LogP contribution is -2.46. The minimum atomic E-state index is -0.770. The number of nitrogens with zero attached hydrogens (tertiary/aromatic N) is 1. The van der Waals surface area contributed by atoms with Gasteiger partial charge in [-0.2, -0.15) is 0 Å². The molecule has 0 saturated carbocycles. The van der Waals surface area contributed by atoms with Crippen LogP contribution in [0.4, 0.5) is 0 Å². The number of rotatable bonds is 4. The Morgan fingerprint density at radius 3 is 2.38 bits per heavy atom. The highest BCUT2D eigenvalue weighted by atomic mass is 16.5. The van der Waals surface area contributed by atoms with E-state index in [1.807, 2.05) is 12.1 Å². The fraction of sp³-hybridized carbons (Fsp3) is 0.529. The van der Waals surface area contributed by atoms with E-state index in [4.69, 9.17) is 4.74 Å². The third kappa shape index (κ3) is 2.86. The minimum Gasteiger partial charge on any atom is -0.460 e. The largest absolute Gasteiger partial charge is 0.460 e. The molecule has 1 aromatic carbocycles. The van der Waals surface area contributed by atoms with Crippen LogP contribution in [-0.2, 0) is 9.53 Å². The Balaban J connectivity index is 1.72. The van der Waals surface area contributed by atoms with Crippen molar-refractivity contribution in [2.45, 2.75) is 25.7 Å². The van der Waals surface area contributed by atoms with Gasteiger partial charge in [-0.15, -0.1) is 0 Å². The highest BCUT2D eigenvalue weighted by Gasteiger charge is 2.34. The second-order valence-electron chi connectivity index (χ2n) is 5.92. The van der Waals surface area contributed by atoms with Gasteiger partial charge in [0.2, 0.25) is 0 Å². The number of carbonyl (C=O) groups excluding carboxylic acids is 2. The molecule has 0 spiro atoms. The second kappa shape index (κ2) is 5.98. The summed E-state index contributed by atoms with van der Waals surface area (Å²) >= 11 is 0. The van der Waals surface area contributed by atoms with Crippen molar-refractivity contribution in [3.05, 3.63) is 35.4 Å². The SMILES string of the molecule is CCOC(=O)C(=O)c1ccc(C2CN3CCC2CC3)cc1. The summed E-state index contributed by atoms with van der Waals surface area (Å²) in [6.45, 7) is 5.49. The van der Waals surface area contributed by atoms with Gasteiger partial charge in [0.15, 0.2) is 0 Å². The first-order valence-electron chi connectivity index (χ1n) is 7.72. The molecule has 4 rings (SSSR count). The molecule has 0 amide bonds. The number of hydrogen-bond donors (Lipinski definition) is 0. The van der Waals surface area contributed by atoms with Crippen LogP contribution in [0.5, 0.6) is 0 Å². The smallest absolute Gasteiger partial charge is 0.379 e. The summed E-state index contributed by atoms with van der Waals surface area (Å²) in [5, 5.41) is 0. The van der Waals surface area contributed by atoms with Crippen LogP contribution in [0, 0.1) is 5.92 Å². The monoisotopic (exact) mass is 287 g/mol. The van der Waals surface area contributed by atoms with E-state index in [9.17, 15) is 9.59 Å². The van der Waals surface area contributed by atoms with Crippen LogP contribution < -0.4 is 0 Å². The molecule has 3 aliphatic rings. The molecule has 3 fully saturated rings. The van der Waals surface area contributed by atoms with Crippen molar-refractivity contribution >= 4 is 11.8 Å². The van der Waals surface area contributed by atoms with Crippen molar-refractivity contribution in [2.24, 2.45) is 5.92 Å². The van der Waals surface area contributed by atoms with Crippen LogP contribution in [0.1, 0.15) is 41.6 Å². The summed E-state index contributed by atoms with van der Waals surface area (Å²) < 4.78 is 4.75. The summed E-state index contributed by atoms with van der Waals surface area (Å²) in [6.07, 6.45) is 2.54. The third-order valence-corrected chi connectivity index (χ3v) is 4.72. The van der Waals surface area contributed by atoms with Gasteiger partial charge < -0.3 is 9.64 Å². The minimum absolute atomic E-state index is 0.224. The Bertz CT molecular complexity index is 529. The zero-order valence-corrected chi connectivity index (χ0v) is 12.4. The van der Waals surface area contributed by atoms with E-state index in [1.165, 1.54) is 31.5 Å². The number of carbonyl (C=O) groups is 2. The van der Waals surface area contributed by atoms with Crippen molar-refractivity contribution in [1.82, 2.24) is 4.90 Å². The van der Waals surface area contributed by atoms with Gasteiger partial charge in [0.05, 0.1) is 6.61 Å². The van der Waals surface area contributed by atoms with E-state index in [0.29, 0.717) is 11.5 Å². The van der Waals surface area contributed by atoms with Crippen LogP contribution in [-0.4, -0.2) is 42.9 Å². The first-order chi connectivity index (χ1) is 10.2. The van der Waals surface area contributed by atoms with Crippen molar-refractivity contribution in [1.29, 1.82) is 0 Å². The number of Topliss-reactive ketones (excluding diaryl/α,β-unsaturated/α-hetero) is 1. The molecular weight excluding hydrogens is 266 g/mol. The molecule has 2 bridgehead atoms. The number of hydrogen-bond acceptors (Lipinski definition) is 4. The maximum absolute atomic E-state index is 11.9. The summed E-state index contributed by atoms with van der Waals surface area (Å²) in [5.74, 6) is 0.00579. The van der Waals surface area contributed by atoms with Crippen molar-refractivity contribution in [3.63, 3.8) is 0 Å². The molecule has 3 heterocycles. The van der Waals surface area contributed by atoms with Crippen LogP contribution in [0.25, 0.3) is 0 Å². The lowest BCUT2D eigenvalue weighted by atomic mass is 9.75. The van der Waals surface area contributed by atoms with Crippen LogP contribution in [0.2, 0.25) is 0 Å². The molecule has 21 heavy (non-hydrogen) atoms. The zero-order chi connectivity index (χ0) is 14.8. The van der Waals surface area contributed by atoms with Gasteiger partial charge in [0.1, 0.15) is 0 Å². The van der Waals surface area contributed by atoms with Crippen LogP contribution in [0.15, 0.2) is 24.3 Å². The standard InChI is InChI=1S/C17H21NO3/c1-2-21-17(20)16(19)14-5-3-12(4-6-14)15-11-18-9-7-13(15)8-10-18/h3-6,13,15H,2,7-11H2,1H3. The number of benzene rings is 1. The zero-order valence-electron chi connectivity index (χ0n) is 12.4. The predicted octanol–water partition coefficient (Wildman–Crippen LogP) is 2.24. The molecule has 4 nitrogen and oxygen atoms in total. The van der Waals surface area contributed by atoms with E-state index < -0.39 is 11.8 Å². The van der Waals surface area contributed by atoms with Gasteiger partial charge >= 0.3 is 5.97 Å². The molecule has 112 valence electrons. The Morgan fingerprint density at radius 1 is 1.19 bits per heavy atom. The summed E-state index contributed by atoms with van der Waals surface area (Å²) in [7, 11) is 0. The Hall–Kier alpha value is -1.68. The third-order valence-electron chi connectivity index (χ3n) is 4.72. The average molecular weight is 287 g/mol. The average Bonchev–Trinajstić information content (AvgIpc) is 2.55. The predicted molar refractivity (Wildman–Crippen MR) is 79.3 cm³/mol. The maximum Gasteiger partial charge on any atom is 0.379 e. The van der Waals surface area contributed by atoms with Gasteiger partial charge in [-0.25, -0.2) is 4.79 Å². The highest BCUT2D eigenvalue weighted by Crippen LogP contribution is 2.38. The van der Waals surface area contributed by atoms with Gasteiger partial charge in [-0.1, -0.05) is 24.3 Å². The Kier molecular flexibility index (Phi) is 4.06. The number of ketones is 1. The van der Waals surface area contributed by atoms with Gasteiger partial charge in [-0.3, -0.25) is 4.79 Å². The molecule has 3 saturated heterocycles. The normalized spacial score (nSPS) is 27.4. The first kappa shape index (κ1) is 14.3. The van der Waals surface area contributed by atoms with E-state index in [1.54, 1.807) is 19.1 Å². The topological polar surface area (TPSA) is 46.6 Å². The molecule has 3 aliphatic heterocycles. The molecule has 0 radical (unpaired) electrons. The fourth-order valence-electron chi connectivity index (χ4n) is 3.54. The van der Waals surface area contributed by atoms with E-state index >= 15 is 0 Å². The van der Waals surface area contributed by atoms with Crippen molar-refractivity contribution in [2.75, 3.05) is 26.2 Å². The summed E-state index contributed by atoms with van der Waals surface area (Å²) in [6, 6.07) is 7.51. The number of piperidine rings is 3. The highest BCUT2D eigenvalue weighted by molar-refractivity contribution is 6.40. The van der Waals surface area contributed by atoms with Gasteiger partial charge in [-0.05, 0) is 50.3 Å². The van der Waals surface area contributed by atoms with Crippen LogP contribution in [0.3, 0.4) is 0 Å². The van der Waals surface area contributed by atoms with Crippen molar-refractivity contribution in [3.8, 4) is 0 Å². The van der Waals surface area contributed by atoms with Gasteiger partial charge in [0.25, 0.3) is 5.78 Å². The first-order valence-corrected chi connectivity index (χ1v) is 7.72. The number of esters is 1. The molecule has 4 heteroatoms. The molecule has 0 aliphatic carbocycles. The molecule has 0 aromatic heterocycles. The molecule has 1 aromatic rings. The summed E-state index contributed by atoms with van der Waals surface area (Å²) in [4.78, 5) is 25.8. The lowest BCUT2D eigenvalue weighted by molar-refractivity contribution is -0.137. The van der Waals surface area contributed by atoms with Crippen LogP contribution >= 0.6 is 0 Å². The molecule has 1 unspecified atom stereocenters. The quantitative estimate of drug-likeness (QED) is 0.484. The van der Waals surface area contributed by atoms with E-state index in [0.717, 1.165) is 12.5 Å². The van der Waals surface area contributed by atoms with Crippen molar-refractivity contribution < 1.29 is 14.3 Å². The molecular formula is C17H21NO3.